The first-order valence-corrected chi connectivity index (χ1v) is 12.7. The van der Waals surface area contributed by atoms with Gasteiger partial charge in [-0.3, -0.25) is 4.79 Å². The van der Waals surface area contributed by atoms with Crippen molar-refractivity contribution in [1.29, 1.82) is 0 Å². The Balaban J connectivity index is 2.22. The van der Waals surface area contributed by atoms with E-state index >= 15 is 0 Å². The monoisotopic (exact) mass is 418 g/mol. The standard InChI is InChI=1S/C24H34O4S/c1-5-18-12-17(4)13-19(6-2)22(18)23-20(16-29(26,27)7-3)14-24(15-21(23)25)8-10-28-11-9-24/h12-13H,5-11,14-16H2,1-4H3. The molecular formula is C24H34O4S. The highest BCUT2D eigenvalue weighted by Crippen LogP contribution is 2.48. The molecule has 0 aromatic heterocycles. The van der Waals surface area contributed by atoms with Crippen LogP contribution in [0, 0.1) is 12.3 Å². The van der Waals surface area contributed by atoms with Gasteiger partial charge >= 0.3 is 0 Å². The van der Waals surface area contributed by atoms with Gasteiger partial charge < -0.3 is 4.74 Å². The van der Waals surface area contributed by atoms with Crippen molar-refractivity contribution in [3.63, 3.8) is 0 Å². The van der Waals surface area contributed by atoms with E-state index in [9.17, 15) is 13.2 Å². The minimum atomic E-state index is -3.23. The lowest BCUT2D eigenvalue weighted by Crippen LogP contribution is -2.37. The molecule has 1 saturated heterocycles. The first-order valence-electron chi connectivity index (χ1n) is 10.9. The average Bonchev–Trinajstić information content (AvgIpc) is 2.68. The molecule has 2 aliphatic rings. The number of carbonyl (C=O) groups is 1. The molecule has 0 N–H and O–H groups in total. The Morgan fingerprint density at radius 1 is 1.00 bits per heavy atom. The summed E-state index contributed by atoms with van der Waals surface area (Å²) < 4.78 is 30.8. The Kier molecular flexibility index (Phi) is 6.69. The van der Waals surface area contributed by atoms with Crippen molar-refractivity contribution in [3.8, 4) is 0 Å². The van der Waals surface area contributed by atoms with Gasteiger partial charge in [-0.05, 0) is 66.7 Å². The second kappa shape index (κ2) is 8.73. The molecule has 1 aliphatic heterocycles. The van der Waals surface area contributed by atoms with E-state index in [0.29, 0.717) is 31.6 Å². The van der Waals surface area contributed by atoms with Gasteiger partial charge in [0.1, 0.15) is 0 Å². The molecule has 0 atom stereocenters. The second-order valence-corrected chi connectivity index (χ2v) is 11.1. The van der Waals surface area contributed by atoms with Crippen LogP contribution in [0.2, 0.25) is 0 Å². The number of aryl methyl sites for hydroxylation is 3. The topological polar surface area (TPSA) is 60.4 Å². The van der Waals surface area contributed by atoms with Gasteiger partial charge in [0.05, 0.1) is 5.75 Å². The van der Waals surface area contributed by atoms with Gasteiger partial charge in [0.15, 0.2) is 15.6 Å². The van der Waals surface area contributed by atoms with Gasteiger partial charge in [-0.2, -0.15) is 0 Å². The van der Waals surface area contributed by atoms with E-state index in [1.807, 2.05) is 0 Å². The molecule has 160 valence electrons. The number of sulfone groups is 1. The number of ketones is 1. The Morgan fingerprint density at radius 3 is 2.10 bits per heavy atom. The maximum atomic E-state index is 13.6. The SMILES string of the molecule is CCc1cc(C)cc(CC)c1C1=C(CS(=O)(=O)CC)CC2(CCOCC2)CC1=O. The third-order valence-corrected chi connectivity index (χ3v) is 8.27. The molecule has 3 rings (SSSR count). The van der Waals surface area contributed by atoms with Crippen LogP contribution < -0.4 is 0 Å². The van der Waals surface area contributed by atoms with Crippen LogP contribution in [0.3, 0.4) is 0 Å². The number of benzene rings is 1. The summed E-state index contributed by atoms with van der Waals surface area (Å²) in [7, 11) is -3.23. The predicted molar refractivity (Wildman–Crippen MR) is 118 cm³/mol. The fourth-order valence-corrected chi connectivity index (χ4v) is 6.00. The van der Waals surface area contributed by atoms with E-state index in [-0.39, 0.29) is 22.7 Å². The van der Waals surface area contributed by atoms with Crippen LogP contribution in [-0.2, 0) is 32.2 Å². The second-order valence-electron chi connectivity index (χ2n) is 8.71. The number of ether oxygens (including phenoxy) is 1. The summed E-state index contributed by atoms with van der Waals surface area (Å²) in [6.45, 7) is 9.29. The molecule has 0 amide bonds. The number of Topliss-reactive ketones (excluding diaryl/α,β-unsaturated/α-hetero) is 1. The van der Waals surface area contributed by atoms with Crippen molar-refractivity contribution in [1.82, 2.24) is 0 Å². The van der Waals surface area contributed by atoms with Crippen molar-refractivity contribution in [2.45, 2.75) is 66.2 Å². The zero-order chi connectivity index (χ0) is 21.2. The van der Waals surface area contributed by atoms with Crippen LogP contribution >= 0.6 is 0 Å². The van der Waals surface area contributed by atoms with Crippen molar-refractivity contribution < 1.29 is 17.9 Å². The molecule has 1 aromatic carbocycles. The van der Waals surface area contributed by atoms with Crippen molar-refractivity contribution in [2.75, 3.05) is 24.7 Å². The summed E-state index contributed by atoms with van der Waals surface area (Å²) >= 11 is 0. The molecule has 0 unspecified atom stereocenters. The maximum absolute atomic E-state index is 13.6. The smallest absolute Gasteiger partial charge is 0.164 e. The van der Waals surface area contributed by atoms with Gasteiger partial charge in [0.25, 0.3) is 0 Å². The van der Waals surface area contributed by atoms with Crippen molar-refractivity contribution in [3.05, 3.63) is 40.0 Å². The van der Waals surface area contributed by atoms with Crippen LogP contribution in [0.4, 0.5) is 0 Å². The summed E-state index contributed by atoms with van der Waals surface area (Å²) in [6.07, 6.45) is 4.51. The first kappa shape index (κ1) is 22.2. The van der Waals surface area contributed by atoms with Crippen molar-refractivity contribution >= 4 is 21.2 Å². The summed E-state index contributed by atoms with van der Waals surface area (Å²) in [4.78, 5) is 13.6. The number of hydrogen-bond donors (Lipinski definition) is 0. The molecule has 1 aliphatic carbocycles. The van der Waals surface area contributed by atoms with Crippen LogP contribution in [0.1, 0.15) is 68.7 Å². The fourth-order valence-electron chi connectivity index (χ4n) is 5.02. The van der Waals surface area contributed by atoms with E-state index in [1.165, 1.54) is 5.56 Å². The number of hydrogen-bond acceptors (Lipinski definition) is 4. The molecule has 0 bridgehead atoms. The lowest BCUT2D eigenvalue weighted by atomic mass is 9.65. The summed E-state index contributed by atoms with van der Waals surface area (Å²) in [6, 6.07) is 4.30. The molecular weight excluding hydrogens is 384 g/mol. The molecule has 29 heavy (non-hydrogen) atoms. The molecule has 5 heteroatoms. The van der Waals surface area contributed by atoms with Crippen LogP contribution in [0.25, 0.3) is 5.57 Å². The molecule has 0 saturated carbocycles. The molecule has 1 fully saturated rings. The lowest BCUT2D eigenvalue weighted by molar-refractivity contribution is -0.118. The maximum Gasteiger partial charge on any atom is 0.164 e. The fraction of sp³-hybridized carbons (Fsp3) is 0.625. The Hall–Kier alpha value is -1.46. The summed E-state index contributed by atoms with van der Waals surface area (Å²) in [5.41, 5.74) is 5.90. The van der Waals surface area contributed by atoms with Gasteiger partial charge in [-0.15, -0.1) is 0 Å². The molecule has 0 radical (unpaired) electrons. The first-order chi connectivity index (χ1) is 13.7. The van der Waals surface area contributed by atoms with Crippen LogP contribution in [0.5, 0.6) is 0 Å². The summed E-state index contributed by atoms with van der Waals surface area (Å²) in [5.74, 6) is 0.212. The lowest BCUT2D eigenvalue weighted by Gasteiger charge is -2.41. The highest BCUT2D eigenvalue weighted by atomic mass is 32.2. The summed E-state index contributed by atoms with van der Waals surface area (Å²) in [5, 5.41) is 0. The van der Waals surface area contributed by atoms with Crippen molar-refractivity contribution in [2.24, 2.45) is 5.41 Å². The van der Waals surface area contributed by atoms with Gasteiger partial charge in [-0.25, -0.2) is 8.42 Å². The van der Waals surface area contributed by atoms with E-state index in [2.05, 4.69) is 32.9 Å². The third-order valence-electron chi connectivity index (χ3n) is 6.60. The minimum Gasteiger partial charge on any atom is -0.381 e. The zero-order valence-corrected chi connectivity index (χ0v) is 19.1. The average molecular weight is 419 g/mol. The van der Waals surface area contributed by atoms with E-state index < -0.39 is 9.84 Å². The quantitative estimate of drug-likeness (QED) is 0.684. The zero-order valence-electron chi connectivity index (χ0n) is 18.3. The third kappa shape index (κ3) is 4.66. The Bertz CT molecular complexity index is 893. The molecule has 4 nitrogen and oxygen atoms in total. The normalized spacial score (nSPS) is 19.8. The van der Waals surface area contributed by atoms with E-state index in [1.54, 1.807) is 6.92 Å². The molecule has 1 heterocycles. The highest BCUT2D eigenvalue weighted by molar-refractivity contribution is 7.91. The minimum absolute atomic E-state index is 0.00658. The largest absolute Gasteiger partial charge is 0.381 e. The van der Waals surface area contributed by atoms with Gasteiger partial charge in [-0.1, -0.05) is 38.5 Å². The molecule has 1 aromatic rings. The Morgan fingerprint density at radius 2 is 1.59 bits per heavy atom. The van der Waals surface area contributed by atoms with Crippen LogP contribution in [-0.4, -0.2) is 38.9 Å². The molecule has 1 spiro atoms. The van der Waals surface area contributed by atoms with E-state index in [0.717, 1.165) is 47.9 Å². The number of allylic oxidation sites excluding steroid dienone is 1. The van der Waals surface area contributed by atoms with Gasteiger partial charge in [0.2, 0.25) is 0 Å². The predicted octanol–water partition coefficient (Wildman–Crippen LogP) is 4.47. The Labute approximate surface area is 175 Å². The number of carbonyl (C=O) groups excluding carboxylic acids is 1. The number of rotatable bonds is 6. The highest BCUT2D eigenvalue weighted by Gasteiger charge is 2.42. The van der Waals surface area contributed by atoms with Crippen LogP contribution in [0.15, 0.2) is 17.7 Å². The van der Waals surface area contributed by atoms with E-state index in [4.69, 9.17) is 4.74 Å². The van der Waals surface area contributed by atoms with Gasteiger partial charge in [0, 0.05) is 31.0 Å².